The molecule has 1 heterocycles. The van der Waals surface area contributed by atoms with Gasteiger partial charge in [-0.15, -0.1) is 0 Å². The van der Waals surface area contributed by atoms with Crippen LogP contribution in [-0.2, 0) is 6.54 Å². The van der Waals surface area contributed by atoms with E-state index >= 15 is 0 Å². The molecule has 0 aliphatic heterocycles. The first-order valence-electron chi connectivity index (χ1n) is 5.98. The van der Waals surface area contributed by atoms with E-state index in [-0.39, 0.29) is 0 Å². The minimum atomic E-state index is 0.436. The molecule has 0 unspecified atom stereocenters. The molecule has 0 N–H and O–H groups in total. The summed E-state index contributed by atoms with van der Waals surface area (Å²) in [6, 6.07) is 0. The number of hydrogen-bond acceptors (Lipinski definition) is 1. The van der Waals surface area contributed by atoms with Crippen molar-refractivity contribution in [2.24, 2.45) is 5.41 Å². The Labute approximate surface area is 119 Å². The van der Waals surface area contributed by atoms with Gasteiger partial charge in [0.25, 0.3) is 0 Å². The maximum Gasteiger partial charge on any atom is 0.0623 e. The number of halogens is 2. The number of aromatic nitrogens is 2. The molecule has 1 aromatic rings. The highest BCUT2D eigenvalue weighted by Gasteiger charge is 2.30. The maximum absolute atomic E-state index is 4.42. The predicted octanol–water partition coefficient (Wildman–Crippen LogP) is 4.22. The van der Waals surface area contributed by atoms with Crippen molar-refractivity contribution in [3.63, 3.8) is 0 Å². The molecule has 0 radical (unpaired) electrons. The molecule has 16 heavy (non-hydrogen) atoms. The predicted molar refractivity (Wildman–Crippen MR) is 78.9 cm³/mol. The third-order valence-corrected chi connectivity index (χ3v) is 5.29. The largest absolute Gasteiger partial charge is 0.271 e. The van der Waals surface area contributed by atoms with E-state index in [1.54, 1.807) is 0 Å². The fraction of sp³-hybridized carbons (Fsp3) is 0.750. The summed E-state index contributed by atoms with van der Waals surface area (Å²) in [5.74, 6) is 0. The maximum atomic E-state index is 4.42. The van der Waals surface area contributed by atoms with Crippen molar-refractivity contribution in [2.45, 2.75) is 45.1 Å². The Bertz CT molecular complexity index is 330. The summed E-state index contributed by atoms with van der Waals surface area (Å²) in [7, 11) is 0. The molecule has 2 rings (SSSR count). The van der Waals surface area contributed by atoms with Gasteiger partial charge in [-0.05, 0) is 40.8 Å². The molecule has 1 aliphatic carbocycles. The van der Waals surface area contributed by atoms with Gasteiger partial charge in [-0.1, -0.05) is 41.6 Å². The molecule has 0 bridgehead atoms. The third-order valence-electron chi connectivity index (χ3n) is 3.55. The van der Waals surface area contributed by atoms with E-state index in [0.717, 1.165) is 11.9 Å². The number of hydrogen-bond donors (Lipinski definition) is 0. The van der Waals surface area contributed by atoms with E-state index in [1.165, 1.54) is 42.1 Å². The van der Waals surface area contributed by atoms with E-state index in [4.69, 9.17) is 0 Å². The van der Waals surface area contributed by atoms with E-state index in [1.807, 2.05) is 6.20 Å². The van der Waals surface area contributed by atoms with Gasteiger partial charge in [0, 0.05) is 18.1 Å². The second kappa shape index (κ2) is 5.85. The zero-order valence-electron chi connectivity index (χ0n) is 9.46. The fourth-order valence-corrected chi connectivity index (χ4v) is 3.77. The van der Waals surface area contributed by atoms with Gasteiger partial charge in [0.1, 0.15) is 0 Å². The van der Waals surface area contributed by atoms with E-state index in [0.29, 0.717) is 5.41 Å². The SMILES string of the molecule is BrCC1(Cn2cc(I)cn2)CCCCCC1. The lowest BCUT2D eigenvalue weighted by atomic mass is 9.82. The van der Waals surface area contributed by atoms with Crippen molar-refractivity contribution in [1.82, 2.24) is 9.78 Å². The first-order valence-corrected chi connectivity index (χ1v) is 8.18. The smallest absolute Gasteiger partial charge is 0.0623 e. The van der Waals surface area contributed by atoms with Crippen LogP contribution < -0.4 is 0 Å². The van der Waals surface area contributed by atoms with Gasteiger partial charge in [0.15, 0.2) is 0 Å². The standard InChI is InChI=1S/C12H18BrIN2/c13-9-12(5-3-1-2-4-6-12)10-16-8-11(14)7-15-16/h7-8H,1-6,9-10H2. The summed E-state index contributed by atoms with van der Waals surface area (Å²) in [6.45, 7) is 1.07. The first kappa shape index (κ1) is 12.9. The van der Waals surface area contributed by atoms with Crippen LogP contribution in [0.1, 0.15) is 38.5 Å². The molecule has 0 aromatic carbocycles. The zero-order chi connectivity index (χ0) is 11.4. The molecule has 90 valence electrons. The van der Waals surface area contributed by atoms with Crippen molar-refractivity contribution >= 4 is 38.5 Å². The molecule has 1 saturated carbocycles. The van der Waals surface area contributed by atoms with Crippen molar-refractivity contribution in [1.29, 1.82) is 0 Å². The Morgan fingerprint density at radius 3 is 2.50 bits per heavy atom. The van der Waals surface area contributed by atoms with Crippen molar-refractivity contribution in [2.75, 3.05) is 5.33 Å². The lowest BCUT2D eigenvalue weighted by Crippen LogP contribution is -2.28. The van der Waals surface area contributed by atoms with Crippen LogP contribution in [0.5, 0.6) is 0 Å². The van der Waals surface area contributed by atoms with Crippen LogP contribution in [0.4, 0.5) is 0 Å². The van der Waals surface area contributed by atoms with Gasteiger partial charge < -0.3 is 0 Å². The average molecular weight is 397 g/mol. The molecule has 0 spiro atoms. The summed E-state index contributed by atoms with van der Waals surface area (Å²) in [4.78, 5) is 0. The van der Waals surface area contributed by atoms with Crippen LogP contribution in [0, 0.1) is 8.99 Å². The summed E-state index contributed by atoms with van der Waals surface area (Å²) in [5, 5.41) is 5.53. The summed E-state index contributed by atoms with van der Waals surface area (Å²) < 4.78 is 3.35. The van der Waals surface area contributed by atoms with E-state index in [9.17, 15) is 0 Å². The van der Waals surface area contributed by atoms with E-state index < -0.39 is 0 Å². The van der Waals surface area contributed by atoms with E-state index in [2.05, 4.69) is 54.5 Å². The lowest BCUT2D eigenvalue weighted by molar-refractivity contribution is 0.232. The van der Waals surface area contributed by atoms with Crippen LogP contribution in [0.15, 0.2) is 12.4 Å². The van der Waals surface area contributed by atoms with Crippen LogP contribution in [-0.4, -0.2) is 15.1 Å². The van der Waals surface area contributed by atoms with Crippen LogP contribution in [0.25, 0.3) is 0 Å². The highest BCUT2D eigenvalue weighted by molar-refractivity contribution is 14.1. The van der Waals surface area contributed by atoms with Gasteiger partial charge >= 0.3 is 0 Å². The van der Waals surface area contributed by atoms with Crippen LogP contribution in [0.3, 0.4) is 0 Å². The van der Waals surface area contributed by atoms with Gasteiger partial charge in [0.05, 0.1) is 9.77 Å². The third kappa shape index (κ3) is 3.22. The average Bonchev–Trinajstić information content (AvgIpc) is 2.54. The summed E-state index contributed by atoms with van der Waals surface area (Å²) in [5.41, 5.74) is 0.436. The summed E-state index contributed by atoms with van der Waals surface area (Å²) in [6.07, 6.45) is 12.4. The molecule has 2 nitrogen and oxygen atoms in total. The molecule has 1 aromatic heterocycles. The quantitative estimate of drug-likeness (QED) is 0.424. The highest BCUT2D eigenvalue weighted by Crippen LogP contribution is 2.38. The van der Waals surface area contributed by atoms with Crippen molar-refractivity contribution < 1.29 is 0 Å². The molecule has 1 aliphatic rings. The highest BCUT2D eigenvalue weighted by atomic mass is 127. The number of rotatable bonds is 3. The minimum absolute atomic E-state index is 0.436. The van der Waals surface area contributed by atoms with Crippen LogP contribution >= 0.6 is 38.5 Å². The Balaban J connectivity index is 2.08. The topological polar surface area (TPSA) is 17.8 Å². The Morgan fingerprint density at radius 2 is 2.00 bits per heavy atom. The van der Waals surface area contributed by atoms with Gasteiger partial charge in [0.2, 0.25) is 0 Å². The van der Waals surface area contributed by atoms with Gasteiger partial charge in [-0.25, -0.2) is 0 Å². The van der Waals surface area contributed by atoms with Crippen molar-refractivity contribution in [3.8, 4) is 0 Å². The van der Waals surface area contributed by atoms with Crippen molar-refractivity contribution in [3.05, 3.63) is 16.0 Å². The van der Waals surface area contributed by atoms with Crippen LogP contribution in [0.2, 0.25) is 0 Å². The Morgan fingerprint density at radius 1 is 1.31 bits per heavy atom. The zero-order valence-corrected chi connectivity index (χ0v) is 13.2. The Kier molecular flexibility index (Phi) is 4.70. The lowest BCUT2D eigenvalue weighted by Gasteiger charge is -2.30. The molecule has 0 atom stereocenters. The molecular weight excluding hydrogens is 379 g/mol. The molecule has 0 saturated heterocycles. The number of nitrogens with zero attached hydrogens (tertiary/aromatic N) is 2. The molecule has 4 heteroatoms. The van der Waals surface area contributed by atoms with Gasteiger partial charge in [-0.3, -0.25) is 4.68 Å². The van der Waals surface area contributed by atoms with Gasteiger partial charge in [-0.2, -0.15) is 5.10 Å². The first-order chi connectivity index (χ1) is 7.74. The number of alkyl halides is 1. The molecular formula is C12H18BrIN2. The molecule has 1 fully saturated rings. The fourth-order valence-electron chi connectivity index (χ4n) is 2.58. The normalized spacial score (nSPS) is 20.6. The minimum Gasteiger partial charge on any atom is -0.271 e. The second-order valence-corrected chi connectivity index (χ2v) is 6.71. The molecule has 0 amide bonds. The Hall–Kier alpha value is 0.420. The summed E-state index contributed by atoms with van der Waals surface area (Å²) >= 11 is 6.05. The monoisotopic (exact) mass is 396 g/mol. The second-order valence-electron chi connectivity index (χ2n) is 4.90.